The maximum absolute atomic E-state index is 5.53. The SMILES string of the molecule is CO[P+](OC)(OC)C1C=CC=Cc2nc([S-])sc21. The molecule has 1 aromatic rings. The minimum absolute atomic E-state index is 0.100. The van der Waals surface area contributed by atoms with Crippen LogP contribution in [0.4, 0.5) is 0 Å². The third-order valence-corrected chi connectivity index (χ3v) is 6.80. The van der Waals surface area contributed by atoms with Crippen LogP contribution in [-0.2, 0) is 26.2 Å². The molecule has 1 atom stereocenters. The van der Waals surface area contributed by atoms with E-state index in [2.05, 4.69) is 4.98 Å². The molecule has 0 amide bonds. The molecule has 4 nitrogen and oxygen atoms in total. The summed E-state index contributed by atoms with van der Waals surface area (Å²) in [6.45, 7) is 0. The lowest BCUT2D eigenvalue weighted by atomic mass is 10.3. The number of thiazole rings is 1. The largest absolute Gasteiger partial charge is 0.421 e. The predicted molar refractivity (Wildman–Crippen MR) is 76.6 cm³/mol. The molecule has 0 fully saturated rings. The summed E-state index contributed by atoms with van der Waals surface area (Å²) in [6, 6.07) is 0. The molecule has 98 valence electrons. The maximum Gasteiger partial charge on any atom is 0.421 e. The summed E-state index contributed by atoms with van der Waals surface area (Å²) < 4.78 is 17.2. The van der Waals surface area contributed by atoms with Crippen LogP contribution in [0.1, 0.15) is 16.2 Å². The fourth-order valence-corrected chi connectivity index (χ4v) is 5.39. The van der Waals surface area contributed by atoms with Gasteiger partial charge in [0.25, 0.3) is 0 Å². The van der Waals surface area contributed by atoms with E-state index in [9.17, 15) is 0 Å². The Kier molecular flexibility index (Phi) is 4.48. The Balaban J connectivity index is 2.51. The van der Waals surface area contributed by atoms with Gasteiger partial charge in [0.15, 0.2) is 5.66 Å². The molecule has 0 saturated heterocycles. The monoisotopic (exact) mass is 303 g/mol. The van der Waals surface area contributed by atoms with Gasteiger partial charge in [-0.2, -0.15) is 13.6 Å². The van der Waals surface area contributed by atoms with Gasteiger partial charge in [-0.05, 0) is 21.4 Å². The van der Waals surface area contributed by atoms with E-state index in [1.807, 2.05) is 24.3 Å². The summed E-state index contributed by atoms with van der Waals surface area (Å²) in [7, 11) is 2.33. The Morgan fingerprint density at radius 3 is 2.50 bits per heavy atom. The molecule has 0 aromatic carbocycles. The van der Waals surface area contributed by atoms with Crippen molar-refractivity contribution in [2.45, 2.75) is 10.00 Å². The normalized spacial score (nSPS) is 18.7. The van der Waals surface area contributed by atoms with E-state index in [1.165, 1.54) is 11.3 Å². The predicted octanol–water partition coefficient (Wildman–Crippen LogP) is 3.37. The maximum atomic E-state index is 5.53. The van der Waals surface area contributed by atoms with Crippen molar-refractivity contribution in [3.8, 4) is 0 Å². The van der Waals surface area contributed by atoms with Crippen LogP contribution in [0.25, 0.3) is 6.08 Å². The first-order chi connectivity index (χ1) is 8.66. The molecule has 0 N–H and O–H groups in total. The van der Waals surface area contributed by atoms with Gasteiger partial charge >= 0.3 is 7.94 Å². The molecule has 7 heteroatoms. The van der Waals surface area contributed by atoms with Crippen molar-refractivity contribution in [2.24, 2.45) is 0 Å². The van der Waals surface area contributed by atoms with Crippen LogP contribution in [-0.4, -0.2) is 26.3 Å². The van der Waals surface area contributed by atoms with Gasteiger partial charge in [-0.1, -0.05) is 12.2 Å². The third kappa shape index (κ3) is 2.37. The van der Waals surface area contributed by atoms with Crippen molar-refractivity contribution < 1.29 is 13.6 Å². The van der Waals surface area contributed by atoms with E-state index < -0.39 is 7.94 Å². The first-order valence-electron chi connectivity index (χ1n) is 5.25. The molecule has 0 saturated carbocycles. The van der Waals surface area contributed by atoms with Gasteiger partial charge in [-0.15, -0.1) is 0 Å². The van der Waals surface area contributed by atoms with Gasteiger partial charge in [0, 0.05) is 0 Å². The molecule has 0 aliphatic heterocycles. The number of hydrogen-bond acceptors (Lipinski definition) is 6. The van der Waals surface area contributed by atoms with Crippen molar-refractivity contribution in [1.29, 1.82) is 0 Å². The van der Waals surface area contributed by atoms with E-state index in [0.29, 0.717) is 4.34 Å². The molecule has 1 aromatic heterocycles. The fourth-order valence-electron chi connectivity index (χ4n) is 1.87. The summed E-state index contributed by atoms with van der Waals surface area (Å²) in [5, 5.41) is 0. The summed E-state index contributed by atoms with van der Waals surface area (Å²) >= 11 is 6.62. The van der Waals surface area contributed by atoms with Gasteiger partial charge in [-0.3, -0.25) is 4.98 Å². The van der Waals surface area contributed by atoms with E-state index in [-0.39, 0.29) is 5.66 Å². The molecule has 1 heterocycles. The third-order valence-electron chi connectivity index (χ3n) is 2.69. The number of rotatable bonds is 4. The van der Waals surface area contributed by atoms with E-state index in [1.54, 1.807) is 21.3 Å². The van der Waals surface area contributed by atoms with Crippen LogP contribution in [0.3, 0.4) is 0 Å². The Morgan fingerprint density at radius 2 is 1.89 bits per heavy atom. The molecule has 1 aliphatic carbocycles. The second kappa shape index (κ2) is 5.74. The Labute approximate surface area is 117 Å². The first kappa shape index (κ1) is 14.1. The Hall–Kier alpha value is -0.360. The molecule has 0 radical (unpaired) electrons. The van der Waals surface area contributed by atoms with Crippen LogP contribution in [0, 0.1) is 0 Å². The van der Waals surface area contributed by atoms with Crippen molar-refractivity contribution in [1.82, 2.24) is 4.98 Å². The van der Waals surface area contributed by atoms with Crippen LogP contribution in [0.5, 0.6) is 0 Å². The molecule has 1 unspecified atom stereocenters. The Morgan fingerprint density at radius 1 is 1.22 bits per heavy atom. The smallest absolute Gasteiger partial charge is 0.408 e. The van der Waals surface area contributed by atoms with Crippen molar-refractivity contribution in [3.05, 3.63) is 28.8 Å². The van der Waals surface area contributed by atoms with Gasteiger partial charge < -0.3 is 24.0 Å². The molecule has 2 rings (SSSR count). The molecular formula is C11H14NO3PS2. The first-order valence-corrected chi connectivity index (χ1v) is 8.09. The topological polar surface area (TPSA) is 40.6 Å². The summed E-state index contributed by atoms with van der Waals surface area (Å²) in [5.41, 5.74) is 0.771. The Bertz CT molecular complexity index is 474. The molecule has 1 aliphatic rings. The standard InChI is InChI=1S/C11H14NO3PS2/c1-13-16(14-2,15-3)9-7-5-4-6-8-10(9)18-11(17)12-8/h4-7,9H,1-3H3. The minimum Gasteiger partial charge on any atom is -0.408 e. The highest BCUT2D eigenvalue weighted by atomic mass is 32.2. The van der Waals surface area contributed by atoms with E-state index >= 15 is 0 Å². The van der Waals surface area contributed by atoms with E-state index in [0.717, 1.165) is 10.6 Å². The molecule has 18 heavy (non-hydrogen) atoms. The van der Waals surface area contributed by atoms with Crippen LogP contribution in [0.15, 0.2) is 22.6 Å². The van der Waals surface area contributed by atoms with Crippen LogP contribution in [0.2, 0.25) is 0 Å². The number of allylic oxidation sites excluding steroid dienone is 3. The van der Waals surface area contributed by atoms with Crippen molar-refractivity contribution >= 4 is 38.0 Å². The van der Waals surface area contributed by atoms with Crippen molar-refractivity contribution in [2.75, 3.05) is 21.3 Å². The number of hydrogen-bond donors (Lipinski definition) is 0. The average molecular weight is 303 g/mol. The quantitative estimate of drug-likeness (QED) is 0.630. The number of nitrogens with zero attached hydrogens (tertiary/aromatic N) is 1. The summed E-state index contributed by atoms with van der Waals surface area (Å²) in [4.78, 5) is 5.37. The van der Waals surface area contributed by atoms with Gasteiger partial charge in [0.1, 0.15) is 0 Å². The van der Waals surface area contributed by atoms with Crippen LogP contribution >= 0.6 is 19.3 Å². The number of aromatic nitrogens is 1. The fraction of sp³-hybridized carbons (Fsp3) is 0.364. The lowest BCUT2D eigenvalue weighted by Gasteiger charge is -2.24. The summed E-state index contributed by atoms with van der Waals surface area (Å²) in [5.74, 6) is 0. The average Bonchev–Trinajstić information content (AvgIpc) is 2.64. The van der Waals surface area contributed by atoms with Gasteiger partial charge in [0.05, 0.1) is 27.0 Å². The lowest BCUT2D eigenvalue weighted by molar-refractivity contribution is 0.205. The van der Waals surface area contributed by atoms with Crippen LogP contribution < -0.4 is 0 Å². The molecular weight excluding hydrogens is 289 g/mol. The zero-order valence-electron chi connectivity index (χ0n) is 10.3. The highest BCUT2D eigenvalue weighted by Crippen LogP contribution is 2.72. The zero-order valence-corrected chi connectivity index (χ0v) is 12.8. The number of fused-ring (bicyclic) bond motifs is 1. The highest BCUT2D eigenvalue weighted by molar-refractivity contribution is 7.63. The highest BCUT2D eigenvalue weighted by Gasteiger charge is 2.51. The second-order valence-corrected chi connectivity index (χ2v) is 7.91. The molecule has 0 spiro atoms. The second-order valence-electron chi connectivity index (χ2n) is 3.51. The molecule has 0 bridgehead atoms. The zero-order chi connectivity index (χ0) is 13.2. The lowest BCUT2D eigenvalue weighted by Crippen LogP contribution is -2.09. The van der Waals surface area contributed by atoms with Gasteiger partial charge in [0.2, 0.25) is 0 Å². The minimum atomic E-state index is -2.46. The van der Waals surface area contributed by atoms with Gasteiger partial charge in [-0.25, -0.2) is 0 Å². The van der Waals surface area contributed by atoms with E-state index in [4.69, 9.17) is 26.2 Å². The van der Waals surface area contributed by atoms with Crippen molar-refractivity contribution in [3.63, 3.8) is 0 Å². The summed E-state index contributed by atoms with van der Waals surface area (Å²) in [6.07, 6.45) is 7.84.